The molecule has 1 N–H and O–H groups in total. The zero-order valence-electron chi connectivity index (χ0n) is 11.0. The number of aliphatic hydroxyl groups excluding tert-OH is 1. The van der Waals surface area contributed by atoms with Gasteiger partial charge in [-0.05, 0) is 18.9 Å². The van der Waals surface area contributed by atoms with Crippen molar-refractivity contribution in [2.75, 3.05) is 23.0 Å². The second kappa shape index (κ2) is 4.86. The summed E-state index contributed by atoms with van der Waals surface area (Å²) in [5, 5.41) is 9.98. The number of para-hydroxylation sites is 1. The Labute approximate surface area is 118 Å². The molecule has 0 saturated carbocycles. The second-order valence-corrected chi connectivity index (χ2v) is 7.68. The Morgan fingerprint density at radius 3 is 2.70 bits per heavy atom. The molecule has 0 bridgehead atoms. The summed E-state index contributed by atoms with van der Waals surface area (Å²) in [7, 11) is -3.06. The molecule has 108 valence electrons. The first-order valence-electron chi connectivity index (χ1n) is 6.77. The van der Waals surface area contributed by atoms with E-state index in [0.29, 0.717) is 25.1 Å². The van der Waals surface area contributed by atoms with Crippen LogP contribution in [0.4, 0.5) is 5.69 Å². The summed E-state index contributed by atoms with van der Waals surface area (Å²) in [6.45, 7) is 0.438. The number of fused-ring (bicyclic) bond motifs is 1. The quantitative estimate of drug-likeness (QED) is 0.835. The molecule has 6 heteroatoms. The third-order valence-corrected chi connectivity index (χ3v) is 5.83. The van der Waals surface area contributed by atoms with Crippen LogP contribution in [0.2, 0.25) is 0 Å². The van der Waals surface area contributed by atoms with Crippen molar-refractivity contribution in [1.29, 1.82) is 0 Å². The Balaban J connectivity index is 1.88. The van der Waals surface area contributed by atoms with Gasteiger partial charge in [-0.1, -0.05) is 18.2 Å². The van der Waals surface area contributed by atoms with Crippen LogP contribution in [0.1, 0.15) is 24.5 Å². The number of nitrogens with zero attached hydrogens (tertiary/aromatic N) is 1. The predicted octanol–water partition coefficient (Wildman–Crippen LogP) is 0.891. The molecule has 2 unspecified atom stereocenters. The van der Waals surface area contributed by atoms with Crippen LogP contribution in [-0.2, 0) is 14.6 Å². The Hall–Kier alpha value is -1.40. The Bertz CT molecular complexity index is 640. The number of carbonyl (C=O) groups excluding carboxylic acids is 1. The van der Waals surface area contributed by atoms with Crippen LogP contribution in [-0.4, -0.2) is 37.5 Å². The predicted molar refractivity (Wildman–Crippen MR) is 75.1 cm³/mol. The molecule has 2 aliphatic heterocycles. The molecule has 2 aliphatic rings. The normalized spacial score (nSPS) is 28.1. The number of amides is 1. The van der Waals surface area contributed by atoms with Crippen LogP contribution in [0.5, 0.6) is 0 Å². The van der Waals surface area contributed by atoms with Gasteiger partial charge in [0.1, 0.15) is 0 Å². The van der Waals surface area contributed by atoms with Crippen molar-refractivity contribution in [3.8, 4) is 0 Å². The van der Waals surface area contributed by atoms with E-state index in [1.807, 2.05) is 18.2 Å². The van der Waals surface area contributed by atoms with Gasteiger partial charge in [-0.2, -0.15) is 0 Å². The van der Waals surface area contributed by atoms with Gasteiger partial charge in [0.2, 0.25) is 5.91 Å². The molecule has 0 spiro atoms. The topological polar surface area (TPSA) is 74.7 Å². The van der Waals surface area contributed by atoms with Crippen LogP contribution in [0.3, 0.4) is 0 Å². The summed E-state index contributed by atoms with van der Waals surface area (Å²) in [5.41, 5.74) is 1.45. The summed E-state index contributed by atoms with van der Waals surface area (Å²) < 4.78 is 23.0. The van der Waals surface area contributed by atoms with E-state index in [1.165, 1.54) is 0 Å². The maximum absolute atomic E-state index is 12.5. The summed E-state index contributed by atoms with van der Waals surface area (Å²) in [6.07, 6.45) is 0.340. The van der Waals surface area contributed by atoms with Crippen LogP contribution >= 0.6 is 0 Å². The molecule has 2 atom stereocenters. The first-order valence-corrected chi connectivity index (χ1v) is 8.59. The van der Waals surface area contributed by atoms with E-state index in [4.69, 9.17) is 0 Å². The Morgan fingerprint density at radius 2 is 2.00 bits per heavy atom. The van der Waals surface area contributed by atoms with E-state index in [1.54, 1.807) is 11.0 Å². The Kier molecular flexibility index (Phi) is 3.30. The zero-order chi connectivity index (χ0) is 14.3. The van der Waals surface area contributed by atoms with Gasteiger partial charge in [-0.3, -0.25) is 4.79 Å². The van der Waals surface area contributed by atoms with Gasteiger partial charge in [0.15, 0.2) is 9.84 Å². The van der Waals surface area contributed by atoms with Gasteiger partial charge < -0.3 is 10.0 Å². The minimum atomic E-state index is -3.06. The standard InChI is InChI=1S/C14H17NO4S/c16-13-5-7-15(12-4-2-1-3-11(12)13)14(17)10-6-8-20(18,19)9-10/h1-4,10,13,16H,5-9H2. The highest BCUT2D eigenvalue weighted by Crippen LogP contribution is 2.35. The SMILES string of the molecule is O=C(C1CCS(=O)(=O)C1)N1CCC(O)c2ccccc21. The Morgan fingerprint density at radius 1 is 1.25 bits per heavy atom. The van der Waals surface area contributed by atoms with Gasteiger partial charge >= 0.3 is 0 Å². The fourth-order valence-corrected chi connectivity index (χ4v) is 4.71. The van der Waals surface area contributed by atoms with Gasteiger partial charge in [0.25, 0.3) is 0 Å². The molecule has 1 fully saturated rings. The van der Waals surface area contributed by atoms with Crippen LogP contribution in [0.25, 0.3) is 0 Å². The van der Waals surface area contributed by atoms with Crippen molar-refractivity contribution in [3.05, 3.63) is 29.8 Å². The molecule has 20 heavy (non-hydrogen) atoms. The fraction of sp³-hybridized carbons (Fsp3) is 0.500. The number of hydrogen-bond donors (Lipinski definition) is 1. The third-order valence-electron chi connectivity index (χ3n) is 4.06. The van der Waals surface area contributed by atoms with E-state index >= 15 is 0 Å². The molecular formula is C14H17NO4S. The van der Waals surface area contributed by atoms with Gasteiger partial charge in [-0.25, -0.2) is 8.42 Å². The number of sulfone groups is 1. The maximum Gasteiger partial charge on any atom is 0.231 e. The largest absolute Gasteiger partial charge is 0.388 e. The van der Waals surface area contributed by atoms with Crippen molar-refractivity contribution in [2.45, 2.75) is 18.9 Å². The molecule has 3 rings (SSSR count). The minimum Gasteiger partial charge on any atom is -0.388 e. The molecule has 0 radical (unpaired) electrons. The van der Waals surface area contributed by atoms with Crippen LogP contribution in [0, 0.1) is 5.92 Å². The van der Waals surface area contributed by atoms with Crippen LogP contribution in [0.15, 0.2) is 24.3 Å². The first kappa shape index (κ1) is 13.6. The van der Waals surface area contributed by atoms with E-state index < -0.39 is 21.9 Å². The highest BCUT2D eigenvalue weighted by molar-refractivity contribution is 7.91. The zero-order valence-corrected chi connectivity index (χ0v) is 11.8. The molecule has 0 aliphatic carbocycles. The monoisotopic (exact) mass is 295 g/mol. The maximum atomic E-state index is 12.5. The van der Waals surface area contributed by atoms with E-state index in [2.05, 4.69) is 0 Å². The van der Waals surface area contributed by atoms with Gasteiger partial charge in [0.05, 0.1) is 23.5 Å². The van der Waals surface area contributed by atoms with Crippen molar-refractivity contribution >= 4 is 21.4 Å². The number of hydrogen-bond acceptors (Lipinski definition) is 4. The number of anilines is 1. The van der Waals surface area contributed by atoms with E-state index in [9.17, 15) is 18.3 Å². The number of carbonyl (C=O) groups is 1. The summed E-state index contributed by atoms with van der Waals surface area (Å²) in [5.74, 6) is -0.525. The lowest BCUT2D eigenvalue weighted by Gasteiger charge is -2.33. The average molecular weight is 295 g/mol. The molecular weight excluding hydrogens is 278 g/mol. The highest BCUT2D eigenvalue weighted by Gasteiger charge is 2.37. The first-order chi connectivity index (χ1) is 9.48. The van der Waals surface area contributed by atoms with Crippen molar-refractivity contribution in [1.82, 2.24) is 0 Å². The van der Waals surface area contributed by atoms with Crippen molar-refractivity contribution < 1.29 is 18.3 Å². The fourth-order valence-electron chi connectivity index (χ4n) is 2.98. The molecule has 1 amide bonds. The lowest BCUT2D eigenvalue weighted by Crippen LogP contribution is -2.41. The van der Waals surface area contributed by atoms with Crippen molar-refractivity contribution in [2.24, 2.45) is 5.92 Å². The van der Waals surface area contributed by atoms with Crippen molar-refractivity contribution in [3.63, 3.8) is 0 Å². The van der Waals surface area contributed by atoms with Crippen LogP contribution < -0.4 is 4.90 Å². The minimum absolute atomic E-state index is 0.0486. The number of benzene rings is 1. The van der Waals surface area contributed by atoms with Gasteiger partial charge in [-0.15, -0.1) is 0 Å². The molecule has 1 aromatic rings. The van der Waals surface area contributed by atoms with Gasteiger partial charge in [0, 0.05) is 17.8 Å². The summed E-state index contributed by atoms with van der Waals surface area (Å²) in [4.78, 5) is 14.2. The number of rotatable bonds is 1. The smallest absolute Gasteiger partial charge is 0.231 e. The average Bonchev–Trinajstić information content (AvgIpc) is 2.79. The lowest BCUT2D eigenvalue weighted by molar-refractivity contribution is -0.121. The molecule has 1 saturated heterocycles. The van der Waals surface area contributed by atoms with E-state index in [-0.39, 0.29) is 17.4 Å². The molecule has 0 aromatic heterocycles. The molecule has 5 nitrogen and oxygen atoms in total. The lowest BCUT2D eigenvalue weighted by atomic mass is 9.97. The third kappa shape index (κ3) is 2.33. The number of aliphatic hydroxyl groups is 1. The summed E-state index contributed by atoms with van der Waals surface area (Å²) >= 11 is 0. The van der Waals surface area contributed by atoms with E-state index in [0.717, 1.165) is 5.56 Å². The summed E-state index contributed by atoms with van der Waals surface area (Å²) in [6, 6.07) is 7.27. The molecule has 1 aromatic carbocycles. The second-order valence-electron chi connectivity index (χ2n) is 5.45. The highest BCUT2D eigenvalue weighted by atomic mass is 32.2. The molecule has 2 heterocycles.